The molecule has 3 amide bonds. The molecule has 270 valence electrons. The smallest absolute Gasteiger partial charge is 0.349 e. The first-order chi connectivity index (χ1) is 24.9. The van der Waals surface area contributed by atoms with Crippen LogP contribution in [-0.2, 0) is 19.1 Å². The van der Waals surface area contributed by atoms with Gasteiger partial charge in [-0.25, -0.2) is 14.4 Å². The van der Waals surface area contributed by atoms with Crippen LogP contribution in [0.15, 0.2) is 84.9 Å². The number of halogens is 2. The van der Waals surface area contributed by atoms with Crippen molar-refractivity contribution < 1.29 is 57.6 Å². The lowest BCUT2D eigenvalue weighted by Gasteiger charge is -2.24. The zero-order valence-electron chi connectivity index (χ0n) is 27.4. The summed E-state index contributed by atoms with van der Waals surface area (Å²) in [6, 6.07) is 19.4. The van der Waals surface area contributed by atoms with E-state index in [0.717, 1.165) is 0 Å². The Morgan fingerprint density at radius 2 is 1.12 bits per heavy atom. The maximum atomic E-state index is 13.3. The minimum absolute atomic E-state index is 0.0179. The van der Waals surface area contributed by atoms with E-state index in [0.29, 0.717) is 5.75 Å². The third kappa shape index (κ3) is 9.26. The second-order valence-corrected chi connectivity index (χ2v) is 11.2. The minimum atomic E-state index is -2.42. The first-order valence-electron chi connectivity index (χ1n) is 14.8. The average Bonchev–Trinajstić information content (AvgIpc) is 3.14. The molecular weight excluding hydrogens is 725 g/mol. The van der Waals surface area contributed by atoms with E-state index in [1.807, 2.05) is 5.43 Å². The third-order valence-corrected chi connectivity index (χ3v) is 7.72. The lowest BCUT2D eigenvalue weighted by molar-refractivity contribution is -0.159. The molecule has 0 aliphatic heterocycles. The van der Waals surface area contributed by atoms with Crippen molar-refractivity contribution >= 4 is 64.5 Å². The molecule has 0 aliphatic carbocycles. The van der Waals surface area contributed by atoms with Crippen LogP contribution >= 0.6 is 23.2 Å². The maximum Gasteiger partial charge on any atom is 0.349 e. The largest absolute Gasteiger partial charge is 0.493 e. The summed E-state index contributed by atoms with van der Waals surface area (Å²) in [6.07, 6.45) is -4.76. The maximum absolute atomic E-state index is 13.3. The van der Waals surface area contributed by atoms with Gasteiger partial charge in [-0.05, 0) is 60.7 Å². The molecule has 52 heavy (non-hydrogen) atoms. The molecule has 2 atom stereocenters. The predicted octanol–water partition coefficient (Wildman–Crippen LogP) is 4.57. The van der Waals surface area contributed by atoms with Gasteiger partial charge in [-0.15, -0.1) is 0 Å². The van der Waals surface area contributed by atoms with E-state index in [1.54, 1.807) is 0 Å². The highest BCUT2D eigenvalue weighted by atomic mass is 35.5. The molecule has 4 aromatic carbocycles. The summed E-state index contributed by atoms with van der Waals surface area (Å²) < 4.78 is 26.1. The summed E-state index contributed by atoms with van der Waals surface area (Å²) in [6.45, 7) is 0. The van der Waals surface area contributed by atoms with Crippen LogP contribution < -0.4 is 30.4 Å². The van der Waals surface area contributed by atoms with E-state index in [1.165, 1.54) is 106 Å². The number of carbonyl (C=O) groups is 6. The van der Waals surface area contributed by atoms with Gasteiger partial charge in [-0.3, -0.25) is 25.2 Å². The summed E-state index contributed by atoms with van der Waals surface area (Å²) >= 11 is 12.1. The number of esters is 2. The monoisotopic (exact) mass is 753 g/mol. The quantitative estimate of drug-likeness (QED) is 0.110. The molecule has 0 heterocycles. The number of carboxylic acid groups (broad SMARTS) is 1. The fourth-order valence-electron chi connectivity index (χ4n) is 4.49. The van der Waals surface area contributed by atoms with Crippen molar-refractivity contribution in [3.05, 3.63) is 117 Å². The minimum Gasteiger partial charge on any atom is -0.493 e. The topological polar surface area (TPSA) is 205 Å². The number of hydrazine groups is 1. The fourth-order valence-corrected chi connectivity index (χ4v) is 4.91. The number of anilines is 1. The number of ether oxygens (including phenoxy) is 5. The number of carboxylic acids is 1. The first kappa shape index (κ1) is 38.5. The van der Waals surface area contributed by atoms with Crippen molar-refractivity contribution in [3.63, 3.8) is 0 Å². The predicted molar refractivity (Wildman–Crippen MR) is 185 cm³/mol. The molecule has 4 rings (SSSR count). The van der Waals surface area contributed by atoms with Crippen LogP contribution in [-0.4, -0.2) is 74.3 Å². The zero-order chi connectivity index (χ0) is 37.9. The van der Waals surface area contributed by atoms with Gasteiger partial charge in [-0.2, -0.15) is 0 Å². The van der Waals surface area contributed by atoms with Gasteiger partial charge in [0.1, 0.15) is 0 Å². The summed E-state index contributed by atoms with van der Waals surface area (Å²) in [7, 11) is 4.23. The van der Waals surface area contributed by atoms with E-state index in [-0.39, 0.29) is 49.5 Å². The van der Waals surface area contributed by atoms with Crippen LogP contribution in [0.3, 0.4) is 0 Å². The lowest BCUT2D eigenvalue weighted by Crippen LogP contribution is -2.54. The van der Waals surface area contributed by atoms with E-state index in [9.17, 15) is 33.9 Å². The van der Waals surface area contributed by atoms with Crippen molar-refractivity contribution in [2.45, 2.75) is 12.2 Å². The third-order valence-electron chi connectivity index (χ3n) is 7.06. The van der Waals surface area contributed by atoms with E-state index in [2.05, 4.69) is 10.7 Å². The number of amides is 3. The normalized spacial score (nSPS) is 11.6. The zero-order valence-corrected chi connectivity index (χ0v) is 28.9. The van der Waals surface area contributed by atoms with Crippen LogP contribution in [0.1, 0.15) is 41.4 Å². The van der Waals surface area contributed by atoms with Crippen LogP contribution in [0.4, 0.5) is 5.69 Å². The lowest BCUT2D eigenvalue weighted by atomic mass is 10.1. The van der Waals surface area contributed by atoms with E-state index in [4.69, 9.17) is 46.9 Å². The Hall–Kier alpha value is -6.32. The fraction of sp³-hybridized carbons (Fsp3) is 0.143. The van der Waals surface area contributed by atoms with Crippen molar-refractivity contribution in [1.82, 2.24) is 10.9 Å². The number of hydrogen-bond acceptors (Lipinski definition) is 11. The molecule has 4 N–H and O–H groups in total. The number of rotatable bonds is 13. The number of aliphatic carboxylic acids is 1. The molecule has 0 radical (unpaired) electrons. The second kappa shape index (κ2) is 17.6. The van der Waals surface area contributed by atoms with Crippen LogP contribution in [0.5, 0.6) is 17.2 Å². The van der Waals surface area contributed by atoms with Gasteiger partial charge >= 0.3 is 17.9 Å². The van der Waals surface area contributed by atoms with Crippen LogP contribution in [0.25, 0.3) is 0 Å². The molecule has 0 spiro atoms. The van der Waals surface area contributed by atoms with Crippen molar-refractivity contribution in [2.24, 2.45) is 0 Å². The number of methoxy groups -OCH3 is 3. The molecule has 15 nitrogen and oxygen atoms in total. The van der Waals surface area contributed by atoms with Gasteiger partial charge in [-0.1, -0.05) is 47.5 Å². The molecule has 0 unspecified atom stereocenters. The summed E-state index contributed by atoms with van der Waals surface area (Å²) in [5, 5.41) is 12.4. The standard InChI is InChI=1S/C35H29Cl2N3O12/c1-48-25-16-19(17-26(49-2)27(25)50-3)30(41)38-20-14-12-18(13-15-20)31(42)39-40-32(43)28(51-34(46)21-8-4-6-10-23(21)36)29(33(44)45)52-35(47)22-9-5-7-11-24(22)37/h4-17,28-29H,1-3H3,(H,38,41)(H,39,42)(H,40,43)(H,44,45)/t28-,29-/m1/s1. The number of nitrogens with one attached hydrogen (secondary N) is 3. The number of benzene rings is 4. The Morgan fingerprint density at radius 1 is 0.615 bits per heavy atom. The number of hydrogen-bond donors (Lipinski definition) is 4. The molecule has 0 aromatic heterocycles. The molecule has 17 heteroatoms. The highest BCUT2D eigenvalue weighted by Gasteiger charge is 2.41. The van der Waals surface area contributed by atoms with Gasteiger partial charge in [0.25, 0.3) is 17.7 Å². The van der Waals surface area contributed by atoms with Gasteiger partial charge in [0, 0.05) is 16.8 Å². The summed E-state index contributed by atoms with van der Waals surface area (Å²) in [5.41, 5.74) is 4.04. The molecule has 0 aliphatic rings. The van der Waals surface area contributed by atoms with Gasteiger partial charge in [0.15, 0.2) is 11.5 Å². The van der Waals surface area contributed by atoms with E-state index < -0.39 is 47.8 Å². The number of carbonyl (C=O) groups excluding carboxylic acids is 5. The summed E-state index contributed by atoms with van der Waals surface area (Å²) in [4.78, 5) is 77.3. The highest BCUT2D eigenvalue weighted by Crippen LogP contribution is 2.38. The van der Waals surface area contributed by atoms with Crippen molar-refractivity contribution in [1.29, 1.82) is 0 Å². The molecular formula is C35H29Cl2N3O12. The molecule has 0 bridgehead atoms. The van der Waals surface area contributed by atoms with E-state index >= 15 is 0 Å². The molecule has 0 saturated heterocycles. The Bertz CT molecular complexity index is 1980. The highest BCUT2D eigenvalue weighted by molar-refractivity contribution is 6.34. The average molecular weight is 755 g/mol. The molecule has 4 aromatic rings. The van der Waals surface area contributed by atoms with Crippen molar-refractivity contribution in [2.75, 3.05) is 26.6 Å². The van der Waals surface area contributed by atoms with Gasteiger partial charge < -0.3 is 34.1 Å². The molecule has 0 saturated carbocycles. The van der Waals surface area contributed by atoms with Crippen LogP contribution in [0.2, 0.25) is 10.0 Å². The Balaban J connectivity index is 1.49. The second-order valence-electron chi connectivity index (χ2n) is 10.3. The SMILES string of the molecule is COc1cc(C(=O)Nc2ccc(C(=O)NNC(=O)[C@H](OC(=O)c3ccccc3Cl)[C@@H](OC(=O)c3ccccc3Cl)C(=O)O)cc2)cc(OC)c1OC. The Kier molecular flexibility index (Phi) is 13.0. The molecule has 0 fully saturated rings. The summed E-state index contributed by atoms with van der Waals surface area (Å²) in [5.74, 6) is -6.36. The van der Waals surface area contributed by atoms with Gasteiger partial charge in [0.05, 0.1) is 42.5 Å². The Morgan fingerprint density at radius 3 is 1.58 bits per heavy atom. The van der Waals surface area contributed by atoms with Crippen LogP contribution in [0, 0.1) is 0 Å². The Labute approximate surface area is 305 Å². The first-order valence-corrected chi connectivity index (χ1v) is 15.6. The van der Waals surface area contributed by atoms with Gasteiger partial charge in [0.2, 0.25) is 18.0 Å². The van der Waals surface area contributed by atoms with Crippen molar-refractivity contribution in [3.8, 4) is 17.2 Å².